The van der Waals surface area contributed by atoms with E-state index in [0.29, 0.717) is 23.0 Å². The average Bonchev–Trinajstić information content (AvgIpc) is 2.30. The van der Waals surface area contributed by atoms with Crippen molar-refractivity contribution in [3.63, 3.8) is 0 Å². The summed E-state index contributed by atoms with van der Waals surface area (Å²) in [7, 11) is 0. The molecule has 54 valence electrons. The Labute approximate surface area is 66.8 Å². The third kappa shape index (κ3) is 0.867. The summed E-state index contributed by atoms with van der Waals surface area (Å²) < 4.78 is 0. The Morgan fingerprint density at radius 2 is 2.09 bits per heavy atom. The van der Waals surface area contributed by atoms with Gasteiger partial charge in [-0.1, -0.05) is 0 Å². The topological polar surface area (TPSA) is 47.0 Å². The van der Waals surface area contributed by atoms with Crippen molar-refractivity contribution in [3.05, 3.63) is 29.6 Å². The van der Waals surface area contributed by atoms with Crippen molar-refractivity contribution in [1.29, 1.82) is 0 Å². The molecule has 11 heavy (non-hydrogen) atoms. The number of carbonyl (C=O) groups excluding carboxylic acids is 2. The molecule has 0 aromatic carbocycles. The number of aromatic nitrogens is 1. The quantitative estimate of drug-likeness (QED) is 0.577. The maximum absolute atomic E-state index is 11.0. The fourth-order valence-electron chi connectivity index (χ4n) is 0.920. The molecule has 0 amide bonds. The maximum atomic E-state index is 11.0. The van der Waals surface area contributed by atoms with Crippen molar-refractivity contribution in [3.8, 4) is 0 Å². The zero-order valence-electron chi connectivity index (χ0n) is 5.40. The van der Waals surface area contributed by atoms with Gasteiger partial charge in [-0.2, -0.15) is 0 Å². The lowest BCUT2D eigenvalue weighted by molar-refractivity contribution is 0.108. The maximum Gasteiger partial charge on any atom is 0.246 e. The lowest BCUT2D eigenvalue weighted by Crippen LogP contribution is -1.92. The molecule has 0 fully saturated rings. The van der Waals surface area contributed by atoms with Crippen molar-refractivity contribution in [2.75, 3.05) is 0 Å². The van der Waals surface area contributed by atoms with Gasteiger partial charge in [-0.05, 0) is 23.9 Å². The summed E-state index contributed by atoms with van der Waals surface area (Å²) in [6.07, 6.45) is 1.51. The fraction of sp³-hybridized carbons (Fsp3) is 0. The van der Waals surface area contributed by atoms with Gasteiger partial charge in [0.15, 0.2) is 0 Å². The first-order chi connectivity index (χ1) is 5.29. The normalized spacial score (nSPS) is 15.3. The monoisotopic (exact) mass is 165 g/mol. The molecule has 0 aliphatic carbocycles. The standard InChI is InChI=1S/C7H3NO2S/c9-6-4-2-1-3-8-5(4)7(10)11-6/h1-3H. The van der Waals surface area contributed by atoms with E-state index in [9.17, 15) is 9.59 Å². The third-order valence-electron chi connectivity index (χ3n) is 1.41. The minimum Gasteiger partial charge on any atom is -0.281 e. The van der Waals surface area contributed by atoms with Crippen LogP contribution in [0, 0.1) is 0 Å². The minimum absolute atomic E-state index is 0.196. The largest absolute Gasteiger partial charge is 0.281 e. The first-order valence-corrected chi connectivity index (χ1v) is 3.82. The second kappa shape index (κ2) is 2.17. The Morgan fingerprint density at radius 1 is 1.27 bits per heavy atom. The van der Waals surface area contributed by atoms with Crippen LogP contribution in [0.3, 0.4) is 0 Å². The molecule has 0 bridgehead atoms. The van der Waals surface area contributed by atoms with Gasteiger partial charge >= 0.3 is 0 Å². The predicted molar refractivity (Wildman–Crippen MR) is 40.5 cm³/mol. The first kappa shape index (κ1) is 6.54. The summed E-state index contributed by atoms with van der Waals surface area (Å²) in [6, 6.07) is 3.26. The molecule has 1 aliphatic rings. The van der Waals surface area contributed by atoms with Crippen LogP contribution in [-0.2, 0) is 0 Å². The van der Waals surface area contributed by atoms with Crippen LogP contribution >= 0.6 is 11.8 Å². The first-order valence-electron chi connectivity index (χ1n) is 3.00. The third-order valence-corrected chi connectivity index (χ3v) is 2.19. The van der Waals surface area contributed by atoms with E-state index in [-0.39, 0.29) is 10.2 Å². The Hall–Kier alpha value is -1.16. The number of thioether (sulfide) groups is 1. The molecule has 0 N–H and O–H groups in total. The number of carbonyl (C=O) groups is 2. The van der Waals surface area contributed by atoms with Crippen molar-refractivity contribution >= 4 is 22.0 Å². The zero-order valence-corrected chi connectivity index (χ0v) is 6.22. The van der Waals surface area contributed by atoms with Gasteiger partial charge in [-0.3, -0.25) is 14.6 Å². The molecule has 0 radical (unpaired) electrons. The van der Waals surface area contributed by atoms with Gasteiger partial charge < -0.3 is 0 Å². The molecule has 2 heterocycles. The highest BCUT2D eigenvalue weighted by Gasteiger charge is 2.28. The molecule has 3 nitrogen and oxygen atoms in total. The second-order valence-corrected chi connectivity index (χ2v) is 3.02. The molecule has 1 aromatic heterocycles. The SMILES string of the molecule is O=C1SC(=O)c2ncccc21. The highest BCUT2D eigenvalue weighted by molar-refractivity contribution is 8.27. The zero-order chi connectivity index (χ0) is 7.84. The van der Waals surface area contributed by atoms with Gasteiger partial charge in [-0.25, -0.2) is 0 Å². The Balaban J connectivity index is 2.69. The van der Waals surface area contributed by atoms with Crippen molar-refractivity contribution in [2.45, 2.75) is 0 Å². The van der Waals surface area contributed by atoms with Gasteiger partial charge in [0.2, 0.25) is 10.2 Å². The molecular formula is C7H3NO2S. The van der Waals surface area contributed by atoms with Crippen molar-refractivity contribution < 1.29 is 9.59 Å². The van der Waals surface area contributed by atoms with Crippen LogP contribution in [0.25, 0.3) is 0 Å². The molecule has 1 aromatic rings. The molecule has 0 saturated carbocycles. The summed E-state index contributed by atoms with van der Waals surface area (Å²) in [4.78, 5) is 25.7. The van der Waals surface area contributed by atoms with E-state index >= 15 is 0 Å². The lowest BCUT2D eigenvalue weighted by Gasteiger charge is -1.88. The van der Waals surface area contributed by atoms with Gasteiger partial charge in [-0.15, -0.1) is 0 Å². The Bertz CT molecular complexity index is 315. The number of pyridine rings is 1. The number of hydrogen-bond acceptors (Lipinski definition) is 4. The second-order valence-electron chi connectivity index (χ2n) is 2.08. The summed E-state index contributed by atoms with van der Waals surface area (Å²) in [5.41, 5.74) is 0.727. The van der Waals surface area contributed by atoms with E-state index in [0.717, 1.165) is 0 Å². The van der Waals surface area contributed by atoms with E-state index in [2.05, 4.69) is 4.98 Å². The summed E-state index contributed by atoms with van der Waals surface area (Å²) >= 11 is 0.709. The van der Waals surface area contributed by atoms with Crippen LogP contribution in [0.4, 0.5) is 0 Å². The molecule has 2 rings (SSSR count). The van der Waals surface area contributed by atoms with E-state index < -0.39 is 0 Å². The van der Waals surface area contributed by atoms with Crippen molar-refractivity contribution in [2.24, 2.45) is 0 Å². The molecule has 0 saturated heterocycles. The highest BCUT2D eigenvalue weighted by Crippen LogP contribution is 2.27. The Morgan fingerprint density at radius 3 is 2.82 bits per heavy atom. The van der Waals surface area contributed by atoms with Crippen LogP contribution in [0.1, 0.15) is 20.8 Å². The number of nitrogens with zero attached hydrogens (tertiary/aromatic N) is 1. The molecular weight excluding hydrogens is 162 g/mol. The average molecular weight is 165 g/mol. The fourth-order valence-corrected chi connectivity index (χ4v) is 1.62. The number of hydrogen-bond donors (Lipinski definition) is 0. The van der Waals surface area contributed by atoms with E-state index in [1.807, 2.05) is 0 Å². The highest BCUT2D eigenvalue weighted by atomic mass is 32.2. The van der Waals surface area contributed by atoms with Gasteiger partial charge in [0.25, 0.3) is 0 Å². The molecule has 0 atom stereocenters. The van der Waals surface area contributed by atoms with Crippen molar-refractivity contribution in [1.82, 2.24) is 4.98 Å². The molecule has 4 heteroatoms. The smallest absolute Gasteiger partial charge is 0.246 e. The number of fused-ring (bicyclic) bond motifs is 1. The van der Waals surface area contributed by atoms with Gasteiger partial charge in [0.05, 0.1) is 5.56 Å². The van der Waals surface area contributed by atoms with E-state index in [1.165, 1.54) is 6.20 Å². The van der Waals surface area contributed by atoms with E-state index in [1.54, 1.807) is 12.1 Å². The summed E-state index contributed by atoms with van der Waals surface area (Å²) in [5.74, 6) is 0. The Kier molecular flexibility index (Phi) is 1.29. The van der Waals surface area contributed by atoms with Crippen LogP contribution in [0.2, 0.25) is 0 Å². The lowest BCUT2D eigenvalue weighted by atomic mass is 10.2. The van der Waals surface area contributed by atoms with Gasteiger partial charge in [0.1, 0.15) is 5.69 Å². The van der Waals surface area contributed by atoms with E-state index in [4.69, 9.17) is 0 Å². The van der Waals surface area contributed by atoms with Crippen LogP contribution in [0.5, 0.6) is 0 Å². The molecule has 0 spiro atoms. The molecule has 0 unspecified atom stereocenters. The minimum atomic E-state index is -0.245. The summed E-state index contributed by atoms with van der Waals surface area (Å²) in [5, 5.41) is -0.441. The summed E-state index contributed by atoms with van der Waals surface area (Å²) in [6.45, 7) is 0. The van der Waals surface area contributed by atoms with Crippen LogP contribution < -0.4 is 0 Å². The predicted octanol–water partition coefficient (Wildman–Crippen LogP) is 1.11. The number of rotatable bonds is 0. The van der Waals surface area contributed by atoms with Crippen LogP contribution in [-0.4, -0.2) is 15.2 Å². The molecule has 1 aliphatic heterocycles. The van der Waals surface area contributed by atoms with Crippen LogP contribution in [0.15, 0.2) is 18.3 Å². The van der Waals surface area contributed by atoms with Gasteiger partial charge in [0, 0.05) is 6.20 Å².